The van der Waals surface area contributed by atoms with Gasteiger partial charge < -0.3 is 15.5 Å². The van der Waals surface area contributed by atoms with E-state index in [1.165, 1.54) is 22.3 Å². The molecule has 1 aromatic heterocycles. The van der Waals surface area contributed by atoms with Crippen molar-refractivity contribution in [2.45, 2.75) is 70.5 Å². The highest BCUT2D eigenvalue weighted by Gasteiger charge is 2.57. The minimum atomic E-state index is -0.811. The second-order valence-corrected chi connectivity index (χ2v) is 11.9. The Hall–Kier alpha value is -1.98. The van der Waals surface area contributed by atoms with Crippen molar-refractivity contribution in [2.75, 3.05) is 14.1 Å². The Morgan fingerprint density at radius 2 is 1.92 bits per heavy atom. The smallest absolute Gasteiger partial charge is 0.136 e. The fourth-order valence-electron chi connectivity index (χ4n) is 7.58. The molecular weight excluding hydrogens is 468 g/mol. The van der Waals surface area contributed by atoms with E-state index >= 15 is 0 Å². The van der Waals surface area contributed by atoms with Crippen molar-refractivity contribution < 1.29 is 10.2 Å². The van der Waals surface area contributed by atoms with E-state index in [0.29, 0.717) is 11.1 Å². The summed E-state index contributed by atoms with van der Waals surface area (Å²) in [6, 6.07) is 8.49. The van der Waals surface area contributed by atoms with Crippen molar-refractivity contribution in [1.29, 1.82) is 0 Å². The zero-order valence-electron chi connectivity index (χ0n) is 21.9. The van der Waals surface area contributed by atoms with E-state index in [9.17, 15) is 10.2 Å². The van der Waals surface area contributed by atoms with E-state index < -0.39 is 5.60 Å². The monoisotopic (exact) mass is 506 g/mol. The number of aliphatic hydroxyl groups excluding tert-OH is 1. The van der Waals surface area contributed by atoms with E-state index in [4.69, 9.17) is 11.6 Å². The molecule has 4 aliphatic rings. The van der Waals surface area contributed by atoms with Gasteiger partial charge in [0.05, 0.1) is 11.7 Å². The predicted octanol–water partition coefficient (Wildman–Crippen LogP) is 6.47. The molecule has 192 valence electrons. The van der Waals surface area contributed by atoms with Crippen LogP contribution in [0.4, 0.5) is 0 Å². The average Bonchev–Trinajstić information content (AvgIpc) is 3.11. The van der Waals surface area contributed by atoms with Crippen LogP contribution in [-0.4, -0.2) is 41.0 Å². The van der Waals surface area contributed by atoms with Crippen LogP contribution in [0.15, 0.2) is 59.3 Å². The summed E-state index contributed by atoms with van der Waals surface area (Å²) in [5, 5.41) is 28.0. The maximum absolute atomic E-state index is 12.3. The van der Waals surface area contributed by atoms with Gasteiger partial charge in [-0.15, -0.1) is 0 Å². The number of pyridine rings is 1. The van der Waals surface area contributed by atoms with Crippen LogP contribution in [0, 0.1) is 17.3 Å². The summed E-state index contributed by atoms with van der Waals surface area (Å²) < 4.78 is 0. The third-order valence-corrected chi connectivity index (χ3v) is 9.45. The van der Waals surface area contributed by atoms with Crippen LogP contribution in [0.2, 0.25) is 5.15 Å². The molecule has 0 amide bonds. The first-order chi connectivity index (χ1) is 17.2. The molecule has 36 heavy (non-hydrogen) atoms. The summed E-state index contributed by atoms with van der Waals surface area (Å²) in [6.45, 7) is 4.56. The first-order valence-electron chi connectivity index (χ1n) is 13.4. The number of benzene rings is 1. The number of aromatic nitrogens is 1. The quantitative estimate of drug-likeness (QED) is 0.388. The standard InChI is InChI=1S/C29H32ClNO2.C2H7N/c1-17-16-28(2)24(20-4-6-23-19(13-20)10-12-31-27(23)30)7-8-26(28)29(33)11-9-18-3-5-22(32)14-21(18)15-25(17)29;1-3-2/h4,6-7,10,12-13,15,18,22,26,32-33H,3,5,8-9,11,14,16H2,1-2H3;3H,1-2H3/t18?,22?,26?,28?,29-;/m1./s1. The fourth-order valence-corrected chi connectivity index (χ4v) is 7.81. The van der Waals surface area contributed by atoms with E-state index in [-0.39, 0.29) is 17.4 Å². The van der Waals surface area contributed by atoms with Crippen LogP contribution in [0.5, 0.6) is 0 Å². The van der Waals surface area contributed by atoms with Gasteiger partial charge in [0.25, 0.3) is 0 Å². The largest absolute Gasteiger partial charge is 0.393 e. The van der Waals surface area contributed by atoms with Crippen molar-refractivity contribution in [3.63, 3.8) is 0 Å². The van der Waals surface area contributed by atoms with Gasteiger partial charge in [-0.25, -0.2) is 4.98 Å². The molecule has 1 aromatic carbocycles. The van der Waals surface area contributed by atoms with Gasteiger partial charge in [0.15, 0.2) is 0 Å². The number of allylic oxidation sites excluding steroid dienone is 3. The third-order valence-electron chi connectivity index (χ3n) is 9.15. The first-order valence-corrected chi connectivity index (χ1v) is 13.7. The van der Waals surface area contributed by atoms with Crippen LogP contribution < -0.4 is 5.32 Å². The van der Waals surface area contributed by atoms with Crippen LogP contribution in [0.1, 0.15) is 64.4 Å². The van der Waals surface area contributed by atoms with Crippen LogP contribution in [-0.2, 0) is 0 Å². The van der Waals surface area contributed by atoms with Crippen LogP contribution in [0.25, 0.3) is 16.3 Å². The molecule has 1 saturated carbocycles. The second-order valence-electron chi connectivity index (χ2n) is 11.5. The van der Waals surface area contributed by atoms with Gasteiger partial charge in [0.1, 0.15) is 5.15 Å². The molecule has 0 radical (unpaired) electrons. The number of fused-ring (bicyclic) bond motifs is 5. The van der Waals surface area contributed by atoms with Gasteiger partial charge >= 0.3 is 0 Å². The van der Waals surface area contributed by atoms with Crippen LogP contribution in [0.3, 0.4) is 0 Å². The predicted molar refractivity (Wildman–Crippen MR) is 149 cm³/mol. The lowest BCUT2D eigenvalue weighted by Crippen LogP contribution is -2.49. The summed E-state index contributed by atoms with van der Waals surface area (Å²) in [5.74, 6) is 0.666. The van der Waals surface area contributed by atoms with Gasteiger partial charge in [-0.3, -0.25) is 0 Å². The number of hydrogen-bond acceptors (Lipinski definition) is 4. The maximum Gasteiger partial charge on any atom is 0.136 e. The summed E-state index contributed by atoms with van der Waals surface area (Å²) in [7, 11) is 3.75. The lowest BCUT2D eigenvalue weighted by Gasteiger charge is -2.50. The van der Waals surface area contributed by atoms with E-state index in [1.54, 1.807) is 6.20 Å². The minimum absolute atomic E-state index is 0.111. The fraction of sp³-hybridized carbons (Fsp3) is 0.516. The van der Waals surface area contributed by atoms with Crippen molar-refractivity contribution in [3.8, 4) is 0 Å². The van der Waals surface area contributed by atoms with Crippen molar-refractivity contribution in [1.82, 2.24) is 10.3 Å². The second kappa shape index (κ2) is 9.72. The number of aliphatic hydroxyl groups is 2. The number of nitrogens with zero attached hydrogens (tertiary/aromatic N) is 1. The zero-order valence-corrected chi connectivity index (χ0v) is 22.7. The number of hydrogen-bond donors (Lipinski definition) is 3. The van der Waals surface area contributed by atoms with Gasteiger partial charge in [-0.2, -0.15) is 0 Å². The number of halogens is 1. The van der Waals surface area contributed by atoms with Crippen molar-refractivity contribution >= 4 is 27.9 Å². The van der Waals surface area contributed by atoms with Gasteiger partial charge in [0.2, 0.25) is 0 Å². The molecule has 4 nitrogen and oxygen atoms in total. The van der Waals surface area contributed by atoms with Crippen molar-refractivity contribution in [3.05, 3.63) is 70.1 Å². The summed E-state index contributed by atoms with van der Waals surface area (Å²) >= 11 is 6.31. The summed E-state index contributed by atoms with van der Waals surface area (Å²) in [6.07, 6.45) is 12.5. The molecule has 2 aromatic rings. The van der Waals surface area contributed by atoms with E-state index in [0.717, 1.165) is 61.3 Å². The Morgan fingerprint density at radius 3 is 2.69 bits per heavy atom. The lowest BCUT2D eigenvalue weighted by molar-refractivity contribution is -0.0354. The van der Waals surface area contributed by atoms with Crippen molar-refractivity contribution in [2.24, 2.45) is 17.3 Å². The highest BCUT2D eigenvalue weighted by Crippen LogP contribution is 2.63. The molecule has 0 aliphatic heterocycles. The third kappa shape index (κ3) is 4.16. The highest BCUT2D eigenvalue weighted by atomic mass is 35.5. The molecule has 5 heteroatoms. The Bertz CT molecular complexity index is 1260. The molecule has 3 N–H and O–H groups in total. The van der Waals surface area contributed by atoms with Gasteiger partial charge in [0, 0.05) is 22.9 Å². The van der Waals surface area contributed by atoms with Crippen LogP contribution >= 0.6 is 11.6 Å². The molecular formula is C31H39ClN2O2. The van der Waals surface area contributed by atoms with Gasteiger partial charge in [-0.05, 0) is 106 Å². The lowest BCUT2D eigenvalue weighted by atomic mass is 9.56. The molecule has 6 rings (SSSR count). The summed E-state index contributed by atoms with van der Waals surface area (Å²) in [5.41, 5.74) is 5.44. The molecule has 0 bridgehead atoms. The number of rotatable bonds is 1. The molecule has 5 atom stereocenters. The number of nitrogens with one attached hydrogen (secondary N) is 1. The van der Waals surface area contributed by atoms with Gasteiger partial charge in [-0.1, -0.05) is 54.0 Å². The molecule has 4 unspecified atom stereocenters. The van der Waals surface area contributed by atoms with E-state index in [2.05, 4.69) is 54.5 Å². The topological polar surface area (TPSA) is 65.4 Å². The first kappa shape index (κ1) is 25.7. The molecule has 0 spiro atoms. The summed E-state index contributed by atoms with van der Waals surface area (Å²) in [4.78, 5) is 4.21. The molecule has 0 saturated heterocycles. The van der Waals surface area contributed by atoms with E-state index in [1.807, 2.05) is 20.2 Å². The Morgan fingerprint density at radius 1 is 1.14 bits per heavy atom. The minimum Gasteiger partial charge on any atom is -0.393 e. The Kier molecular flexibility index (Phi) is 6.93. The Labute approximate surface area is 220 Å². The molecule has 4 aliphatic carbocycles. The molecule has 1 heterocycles. The SMILES string of the molecule is CC1=C2C=C3CC(O)CCC3CC[C@]2(O)C2CC=C(c3ccc4c(Cl)nccc4c3)C2(C)C1.CNC. The molecule has 1 fully saturated rings. The Balaban J connectivity index is 0.000000848. The average molecular weight is 507 g/mol. The highest BCUT2D eigenvalue weighted by molar-refractivity contribution is 6.34. The maximum atomic E-state index is 12.3. The normalized spacial score (nSPS) is 33.5. The zero-order chi connectivity index (χ0) is 25.7.